The van der Waals surface area contributed by atoms with Gasteiger partial charge in [0.2, 0.25) is 0 Å². The van der Waals surface area contributed by atoms with Crippen molar-refractivity contribution in [2.45, 2.75) is 12.4 Å². The molecule has 0 unspecified atom stereocenters. The number of hydrogen-bond donors (Lipinski definition) is 1. The van der Waals surface area contributed by atoms with Crippen LogP contribution in [0.15, 0.2) is 29.5 Å². The van der Waals surface area contributed by atoms with E-state index in [2.05, 4.69) is 14.9 Å². The maximum absolute atomic E-state index is 13.5. The zero-order chi connectivity index (χ0) is 20.0. The van der Waals surface area contributed by atoms with Gasteiger partial charge >= 0.3 is 18.4 Å². The molecular weight excluding hydrogens is 382 g/mol. The van der Waals surface area contributed by atoms with Crippen LogP contribution < -0.4 is 5.43 Å². The summed E-state index contributed by atoms with van der Waals surface area (Å²) in [5.41, 5.74) is -2.19. The molecule has 0 aliphatic carbocycles. The minimum Gasteiger partial charge on any atom is -0.442 e. The first kappa shape index (κ1) is 18.7. The summed E-state index contributed by atoms with van der Waals surface area (Å²) < 4.78 is 85.5. The van der Waals surface area contributed by atoms with Crippen LogP contribution in [0.3, 0.4) is 0 Å². The van der Waals surface area contributed by atoms with Crippen molar-refractivity contribution in [2.24, 2.45) is 12.1 Å². The third-order valence-electron chi connectivity index (χ3n) is 3.67. The average molecular weight is 392 g/mol. The molecule has 1 aliphatic heterocycles. The van der Waals surface area contributed by atoms with Gasteiger partial charge in [-0.2, -0.15) is 36.5 Å². The van der Waals surface area contributed by atoms with Gasteiger partial charge in [0.1, 0.15) is 12.3 Å². The summed E-state index contributed by atoms with van der Waals surface area (Å²) >= 11 is 0. The van der Waals surface area contributed by atoms with Gasteiger partial charge in [-0.3, -0.25) is 4.68 Å². The van der Waals surface area contributed by atoms with E-state index in [0.717, 1.165) is 23.0 Å². The lowest BCUT2D eigenvalue weighted by molar-refractivity contribution is -0.142. The summed E-state index contributed by atoms with van der Waals surface area (Å²) in [4.78, 5) is 10.9. The highest BCUT2D eigenvalue weighted by Crippen LogP contribution is 2.42. The Morgan fingerprint density at radius 2 is 1.81 bits per heavy atom. The van der Waals surface area contributed by atoms with Crippen LogP contribution in [0.5, 0.6) is 0 Å². The fourth-order valence-electron chi connectivity index (χ4n) is 2.55. The van der Waals surface area contributed by atoms with Crippen molar-refractivity contribution < 1.29 is 35.9 Å². The highest BCUT2D eigenvalue weighted by molar-refractivity contribution is 6.04. The Hall–Kier alpha value is -3.05. The van der Waals surface area contributed by atoms with Crippen molar-refractivity contribution >= 4 is 11.8 Å². The number of cyclic esters (lactones) is 1. The number of hydrogen-bond acceptors (Lipinski definition) is 4. The number of ether oxygens (including phenoxy) is 1. The zero-order valence-corrected chi connectivity index (χ0v) is 13.4. The summed E-state index contributed by atoms with van der Waals surface area (Å²) in [5, 5.41) is 6.83. The molecule has 1 N–H and O–H groups in total. The molecule has 0 fully saturated rings. The number of benzene rings is 1. The molecule has 0 bridgehead atoms. The predicted octanol–water partition coefficient (Wildman–Crippen LogP) is 3.57. The molecule has 1 aromatic carbocycles. The third-order valence-corrected chi connectivity index (χ3v) is 3.67. The molecule has 1 aromatic heterocycles. The van der Waals surface area contributed by atoms with E-state index in [9.17, 15) is 31.1 Å². The zero-order valence-electron chi connectivity index (χ0n) is 13.4. The van der Waals surface area contributed by atoms with Crippen molar-refractivity contribution in [1.82, 2.24) is 15.2 Å². The van der Waals surface area contributed by atoms with E-state index in [1.807, 2.05) is 5.43 Å². The van der Waals surface area contributed by atoms with Gasteiger partial charge in [0.05, 0.1) is 5.56 Å². The van der Waals surface area contributed by atoms with Gasteiger partial charge in [-0.05, 0) is 11.6 Å². The largest absolute Gasteiger partial charge is 0.442 e. The van der Waals surface area contributed by atoms with Gasteiger partial charge in [0, 0.05) is 24.4 Å². The van der Waals surface area contributed by atoms with Crippen LogP contribution in [0, 0.1) is 0 Å². The normalized spacial score (nSPS) is 15.2. The minimum absolute atomic E-state index is 0.00567. The number of aromatic nitrogens is 2. The number of nitrogens with one attached hydrogen (secondary N) is 1. The summed E-state index contributed by atoms with van der Waals surface area (Å²) in [7, 11) is 1.18. The topological polar surface area (TPSA) is 68.5 Å². The first-order valence-electron chi connectivity index (χ1n) is 7.29. The Balaban J connectivity index is 2.17. The fourth-order valence-corrected chi connectivity index (χ4v) is 2.55. The Morgan fingerprint density at radius 1 is 1.11 bits per heavy atom. The predicted molar refractivity (Wildman–Crippen MR) is 79.7 cm³/mol. The number of halogens is 6. The lowest BCUT2D eigenvalue weighted by Crippen LogP contribution is -2.30. The van der Waals surface area contributed by atoms with Crippen molar-refractivity contribution in [2.75, 3.05) is 6.61 Å². The highest BCUT2D eigenvalue weighted by Gasteiger charge is 2.41. The number of amides is 1. The molecule has 12 heteroatoms. The molecule has 0 atom stereocenters. The molecule has 1 aliphatic rings. The number of carbonyl (C=O) groups is 1. The van der Waals surface area contributed by atoms with Gasteiger partial charge in [-0.25, -0.2) is 10.2 Å². The Labute approximate surface area is 147 Å². The van der Waals surface area contributed by atoms with Crippen LogP contribution in [0.4, 0.5) is 31.1 Å². The molecule has 144 valence electrons. The van der Waals surface area contributed by atoms with Crippen molar-refractivity contribution in [3.05, 3.63) is 41.2 Å². The molecule has 0 saturated heterocycles. The van der Waals surface area contributed by atoms with Gasteiger partial charge < -0.3 is 4.74 Å². The van der Waals surface area contributed by atoms with Crippen molar-refractivity contribution in [1.29, 1.82) is 0 Å². The smallest absolute Gasteiger partial charge is 0.435 e. The fraction of sp³-hybridized carbons (Fsp3) is 0.267. The lowest BCUT2D eigenvalue weighted by atomic mass is 9.95. The van der Waals surface area contributed by atoms with Crippen molar-refractivity contribution in [3.63, 3.8) is 0 Å². The average Bonchev–Trinajstić information content (AvgIpc) is 2.96. The second kappa shape index (κ2) is 6.28. The molecule has 0 saturated carbocycles. The maximum Gasteiger partial charge on any atom is 0.435 e. The van der Waals surface area contributed by atoms with Crippen LogP contribution in [0.2, 0.25) is 0 Å². The van der Waals surface area contributed by atoms with Crippen LogP contribution in [0.25, 0.3) is 11.1 Å². The first-order chi connectivity index (χ1) is 12.5. The number of aryl methyl sites for hydroxylation is 1. The molecule has 2 heterocycles. The third kappa shape index (κ3) is 3.73. The van der Waals surface area contributed by atoms with E-state index < -0.39 is 40.8 Å². The Morgan fingerprint density at radius 3 is 2.37 bits per heavy atom. The van der Waals surface area contributed by atoms with E-state index in [1.165, 1.54) is 7.05 Å². The standard InChI is InChI=1S/C15H10F6N4O2/c1-25-5-9(12(24-25)15(19,20)21)8-3-2-7(4-10(8)14(16,17)18)11-6-27-13(26)23-22-11/h2-5H,6H2,1H3,(H,23,26). The second-order valence-electron chi connectivity index (χ2n) is 5.57. The number of nitrogens with zero attached hydrogens (tertiary/aromatic N) is 3. The van der Waals surface area contributed by atoms with Crippen LogP contribution in [-0.4, -0.2) is 28.2 Å². The summed E-state index contributed by atoms with van der Waals surface area (Å²) in [5.74, 6) is 0. The number of rotatable bonds is 2. The number of carbonyl (C=O) groups excluding carboxylic acids is 1. The summed E-state index contributed by atoms with van der Waals surface area (Å²) in [6, 6.07) is 2.73. The van der Waals surface area contributed by atoms with Gasteiger partial charge in [-0.1, -0.05) is 12.1 Å². The van der Waals surface area contributed by atoms with E-state index in [1.54, 1.807) is 0 Å². The second-order valence-corrected chi connectivity index (χ2v) is 5.57. The molecule has 3 rings (SSSR count). The van der Waals surface area contributed by atoms with Crippen molar-refractivity contribution in [3.8, 4) is 11.1 Å². The molecule has 27 heavy (non-hydrogen) atoms. The van der Waals surface area contributed by atoms with Crippen LogP contribution in [0.1, 0.15) is 16.8 Å². The molecule has 6 nitrogen and oxygen atoms in total. The van der Waals surface area contributed by atoms with E-state index in [4.69, 9.17) is 0 Å². The van der Waals surface area contributed by atoms with Crippen LogP contribution in [-0.2, 0) is 24.1 Å². The SMILES string of the molecule is Cn1cc(-c2ccc(C3=NNC(=O)OC3)cc2C(F)(F)F)c(C(F)(F)F)n1. The number of hydrazone groups is 1. The molecule has 0 spiro atoms. The minimum atomic E-state index is -4.94. The highest BCUT2D eigenvalue weighted by atomic mass is 19.4. The van der Waals surface area contributed by atoms with E-state index in [-0.39, 0.29) is 17.9 Å². The molecule has 0 radical (unpaired) electrons. The van der Waals surface area contributed by atoms with Gasteiger partial charge in [0.15, 0.2) is 5.69 Å². The Kier molecular flexibility index (Phi) is 4.36. The van der Waals surface area contributed by atoms with Gasteiger partial charge in [0.25, 0.3) is 0 Å². The summed E-state index contributed by atoms with van der Waals surface area (Å²) in [6.45, 7) is -0.372. The summed E-state index contributed by atoms with van der Waals surface area (Å²) in [6.07, 6.45) is -9.86. The van der Waals surface area contributed by atoms with E-state index in [0.29, 0.717) is 6.07 Å². The maximum atomic E-state index is 13.5. The molecule has 1 amide bonds. The Bertz CT molecular complexity index is 929. The number of alkyl halides is 6. The monoisotopic (exact) mass is 392 g/mol. The lowest BCUT2D eigenvalue weighted by Gasteiger charge is -2.17. The van der Waals surface area contributed by atoms with Crippen LogP contribution >= 0.6 is 0 Å². The van der Waals surface area contributed by atoms with Gasteiger partial charge in [-0.15, -0.1) is 0 Å². The quantitative estimate of drug-likeness (QED) is 0.795. The first-order valence-corrected chi connectivity index (χ1v) is 7.29. The molecule has 2 aromatic rings. The van der Waals surface area contributed by atoms with E-state index >= 15 is 0 Å². The molecular formula is C15H10F6N4O2.